The molecular formula is C18H30N4O5S. The fraction of sp³-hybridized carbons (Fsp3) is 0.556. The SMILES string of the molecule is CCN(CC)C(=O)CN(C)CC(=O)Nc1cc(S(=O)(=O)N(C)C)ccc1OC. The van der Waals surface area contributed by atoms with Gasteiger partial charge in [-0.1, -0.05) is 0 Å². The van der Waals surface area contributed by atoms with E-state index in [1.165, 1.54) is 39.4 Å². The van der Waals surface area contributed by atoms with Gasteiger partial charge in [0.25, 0.3) is 0 Å². The molecular weight excluding hydrogens is 384 g/mol. The zero-order valence-corrected chi connectivity index (χ0v) is 18.2. The van der Waals surface area contributed by atoms with E-state index < -0.39 is 10.0 Å². The lowest BCUT2D eigenvalue weighted by Crippen LogP contribution is -2.41. The van der Waals surface area contributed by atoms with Crippen molar-refractivity contribution in [2.24, 2.45) is 0 Å². The number of methoxy groups -OCH3 is 1. The number of rotatable bonds is 10. The first-order valence-electron chi connectivity index (χ1n) is 8.93. The molecule has 0 atom stereocenters. The van der Waals surface area contributed by atoms with Crippen LogP contribution < -0.4 is 10.1 Å². The van der Waals surface area contributed by atoms with Crippen molar-refractivity contribution in [1.29, 1.82) is 0 Å². The summed E-state index contributed by atoms with van der Waals surface area (Å²) in [4.78, 5) is 27.8. The molecule has 0 aromatic heterocycles. The molecule has 0 fully saturated rings. The average molecular weight is 415 g/mol. The van der Waals surface area contributed by atoms with Crippen molar-refractivity contribution < 1.29 is 22.7 Å². The van der Waals surface area contributed by atoms with Crippen LogP contribution in [0.3, 0.4) is 0 Å². The van der Waals surface area contributed by atoms with Crippen LogP contribution in [-0.4, -0.2) is 88.8 Å². The molecule has 0 aliphatic rings. The lowest BCUT2D eigenvalue weighted by atomic mass is 10.3. The van der Waals surface area contributed by atoms with Gasteiger partial charge in [-0.2, -0.15) is 0 Å². The second kappa shape index (κ2) is 10.4. The highest BCUT2D eigenvalue weighted by molar-refractivity contribution is 7.89. The monoisotopic (exact) mass is 414 g/mol. The van der Waals surface area contributed by atoms with E-state index in [4.69, 9.17) is 4.74 Å². The number of ether oxygens (including phenoxy) is 1. The minimum Gasteiger partial charge on any atom is -0.495 e. The number of carbonyl (C=O) groups excluding carboxylic acids is 2. The molecule has 158 valence electrons. The van der Waals surface area contributed by atoms with Crippen LogP contribution in [0, 0.1) is 0 Å². The third-order valence-corrected chi connectivity index (χ3v) is 5.97. The third kappa shape index (κ3) is 6.18. The quantitative estimate of drug-likeness (QED) is 0.605. The van der Waals surface area contributed by atoms with E-state index in [-0.39, 0.29) is 35.5 Å². The van der Waals surface area contributed by atoms with Crippen molar-refractivity contribution >= 4 is 27.5 Å². The first kappa shape index (κ1) is 23.9. The van der Waals surface area contributed by atoms with E-state index in [2.05, 4.69) is 5.32 Å². The second-order valence-electron chi connectivity index (χ2n) is 6.44. The van der Waals surface area contributed by atoms with E-state index in [0.717, 1.165) is 4.31 Å². The average Bonchev–Trinajstić information content (AvgIpc) is 2.62. The topological polar surface area (TPSA) is 99.3 Å². The van der Waals surface area contributed by atoms with Crippen molar-refractivity contribution in [2.75, 3.05) is 59.7 Å². The van der Waals surface area contributed by atoms with Gasteiger partial charge >= 0.3 is 0 Å². The summed E-state index contributed by atoms with van der Waals surface area (Å²) >= 11 is 0. The van der Waals surface area contributed by atoms with Crippen LogP contribution in [0.15, 0.2) is 23.1 Å². The molecule has 2 amide bonds. The van der Waals surface area contributed by atoms with Crippen LogP contribution in [0.25, 0.3) is 0 Å². The van der Waals surface area contributed by atoms with Crippen molar-refractivity contribution in [3.05, 3.63) is 18.2 Å². The Hall–Kier alpha value is -2.17. The molecule has 10 heteroatoms. The van der Waals surface area contributed by atoms with Gasteiger partial charge in [0, 0.05) is 27.2 Å². The Balaban J connectivity index is 2.89. The molecule has 0 radical (unpaired) electrons. The molecule has 28 heavy (non-hydrogen) atoms. The summed E-state index contributed by atoms with van der Waals surface area (Å²) < 4.78 is 30.9. The summed E-state index contributed by atoms with van der Waals surface area (Å²) in [6.45, 7) is 5.10. The standard InChI is InChI=1S/C18H30N4O5S/c1-7-22(8-2)18(24)13-21(5)12-17(23)19-15-11-14(9-10-16(15)27-6)28(25,26)20(3)4/h9-11H,7-8,12-13H2,1-6H3,(H,19,23). The van der Waals surface area contributed by atoms with Crippen molar-refractivity contribution in [1.82, 2.24) is 14.1 Å². The molecule has 0 spiro atoms. The number of amides is 2. The van der Waals surface area contributed by atoms with E-state index in [0.29, 0.717) is 18.8 Å². The Labute approximate surface area is 167 Å². The summed E-state index contributed by atoms with van der Waals surface area (Å²) in [5.41, 5.74) is 0.249. The number of nitrogens with one attached hydrogen (secondary N) is 1. The number of hydrogen-bond acceptors (Lipinski definition) is 6. The van der Waals surface area contributed by atoms with Gasteiger partial charge in [0.2, 0.25) is 21.8 Å². The highest BCUT2D eigenvalue weighted by Gasteiger charge is 2.20. The van der Waals surface area contributed by atoms with Gasteiger partial charge in [-0.25, -0.2) is 12.7 Å². The largest absolute Gasteiger partial charge is 0.495 e. The molecule has 1 rings (SSSR count). The highest BCUT2D eigenvalue weighted by atomic mass is 32.2. The van der Waals surface area contributed by atoms with Crippen LogP contribution in [0.2, 0.25) is 0 Å². The maximum Gasteiger partial charge on any atom is 0.242 e. The van der Waals surface area contributed by atoms with Crippen LogP contribution >= 0.6 is 0 Å². The van der Waals surface area contributed by atoms with Crippen molar-refractivity contribution in [3.63, 3.8) is 0 Å². The van der Waals surface area contributed by atoms with E-state index >= 15 is 0 Å². The number of anilines is 1. The smallest absolute Gasteiger partial charge is 0.242 e. The highest BCUT2D eigenvalue weighted by Crippen LogP contribution is 2.28. The number of hydrogen-bond donors (Lipinski definition) is 1. The lowest BCUT2D eigenvalue weighted by Gasteiger charge is -2.23. The summed E-state index contributed by atoms with van der Waals surface area (Å²) in [6, 6.07) is 4.26. The number of carbonyl (C=O) groups is 2. The fourth-order valence-electron chi connectivity index (χ4n) is 2.55. The normalized spacial score (nSPS) is 11.6. The Morgan fingerprint density at radius 3 is 2.18 bits per heavy atom. The number of likely N-dealkylation sites (N-methyl/N-ethyl adjacent to an activating group) is 2. The summed E-state index contributed by atoms with van der Waals surface area (Å²) in [7, 11) is 2.31. The van der Waals surface area contributed by atoms with Gasteiger partial charge in [-0.15, -0.1) is 0 Å². The molecule has 0 bridgehead atoms. The van der Waals surface area contributed by atoms with Crippen molar-refractivity contribution in [3.8, 4) is 5.75 Å². The molecule has 0 saturated carbocycles. The summed E-state index contributed by atoms with van der Waals surface area (Å²) in [6.07, 6.45) is 0. The maximum absolute atomic E-state index is 12.4. The Morgan fingerprint density at radius 1 is 1.07 bits per heavy atom. The van der Waals surface area contributed by atoms with Gasteiger partial charge in [0.1, 0.15) is 5.75 Å². The molecule has 0 saturated heterocycles. The van der Waals surface area contributed by atoms with Gasteiger partial charge in [0.05, 0.1) is 30.8 Å². The minimum absolute atomic E-state index is 0.0270. The third-order valence-electron chi connectivity index (χ3n) is 4.16. The van der Waals surface area contributed by atoms with Crippen LogP contribution in [0.1, 0.15) is 13.8 Å². The predicted octanol–water partition coefficient (Wildman–Crippen LogP) is 0.684. The molecule has 0 unspecified atom stereocenters. The van der Waals surface area contributed by atoms with Gasteiger partial charge in [-0.3, -0.25) is 14.5 Å². The number of nitrogens with zero attached hydrogens (tertiary/aromatic N) is 3. The second-order valence-corrected chi connectivity index (χ2v) is 8.59. The van der Waals surface area contributed by atoms with Crippen LogP contribution in [0.4, 0.5) is 5.69 Å². The van der Waals surface area contributed by atoms with Crippen LogP contribution in [-0.2, 0) is 19.6 Å². The van der Waals surface area contributed by atoms with Gasteiger partial charge in [0.15, 0.2) is 0 Å². The van der Waals surface area contributed by atoms with Crippen molar-refractivity contribution in [2.45, 2.75) is 18.7 Å². The van der Waals surface area contributed by atoms with E-state index in [1.807, 2.05) is 13.8 Å². The summed E-state index contributed by atoms with van der Waals surface area (Å²) in [5.74, 6) is -0.0996. The van der Waals surface area contributed by atoms with Gasteiger partial charge < -0.3 is 15.0 Å². The molecule has 1 aromatic rings. The molecule has 1 aromatic carbocycles. The predicted molar refractivity (Wildman–Crippen MR) is 108 cm³/mol. The zero-order valence-electron chi connectivity index (χ0n) is 17.4. The zero-order chi connectivity index (χ0) is 21.5. The van der Waals surface area contributed by atoms with E-state index in [1.54, 1.807) is 16.8 Å². The molecule has 9 nitrogen and oxygen atoms in total. The maximum atomic E-state index is 12.4. The lowest BCUT2D eigenvalue weighted by molar-refractivity contribution is -0.132. The Bertz CT molecular complexity index is 791. The minimum atomic E-state index is -3.65. The molecule has 0 aliphatic heterocycles. The fourth-order valence-corrected chi connectivity index (χ4v) is 3.48. The van der Waals surface area contributed by atoms with Gasteiger partial charge in [-0.05, 0) is 39.1 Å². The Kier molecular flexibility index (Phi) is 8.86. The first-order chi connectivity index (χ1) is 13.1. The Morgan fingerprint density at radius 2 is 1.68 bits per heavy atom. The van der Waals surface area contributed by atoms with Crippen LogP contribution in [0.5, 0.6) is 5.75 Å². The summed E-state index contributed by atoms with van der Waals surface area (Å²) in [5, 5.41) is 2.66. The molecule has 1 N–H and O–H groups in total. The van der Waals surface area contributed by atoms with E-state index in [9.17, 15) is 18.0 Å². The molecule has 0 aliphatic carbocycles. The number of sulfonamides is 1. The first-order valence-corrected chi connectivity index (χ1v) is 10.4. The molecule has 0 heterocycles. The number of benzene rings is 1.